The van der Waals surface area contributed by atoms with Crippen LogP contribution in [0.4, 0.5) is 17.1 Å². The van der Waals surface area contributed by atoms with Crippen molar-refractivity contribution in [2.75, 3.05) is 4.90 Å². The molecule has 0 bridgehead atoms. The van der Waals surface area contributed by atoms with Crippen LogP contribution in [0.2, 0.25) is 0 Å². The molecule has 0 saturated heterocycles. The first kappa shape index (κ1) is 29.9. The van der Waals surface area contributed by atoms with Gasteiger partial charge in [-0.1, -0.05) is 140 Å². The van der Waals surface area contributed by atoms with Crippen LogP contribution in [0.25, 0.3) is 77.1 Å². The van der Waals surface area contributed by atoms with E-state index >= 15 is 0 Å². The Bertz CT molecular complexity index is 2800. The molecular weight excluding hydrogens is 633 g/mol. The van der Waals surface area contributed by atoms with Gasteiger partial charge in [0.2, 0.25) is 5.89 Å². The summed E-state index contributed by atoms with van der Waals surface area (Å²) in [5, 5.41) is 7.02. The molecule has 0 aliphatic heterocycles. The quantitative estimate of drug-likeness (QED) is 0.177. The molecule has 0 aliphatic rings. The summed E-state index contributed by atoms with van der Waals surface area (Å²) in [5.74, 6) is 0.612. The molecule has 0 fully saturated rings. The molecule has 3 heteroatoms. The van der Waals surface area contributed by atoms with Gasteiger partial charge in [0.15, 0.2) is 5.58 Å². The van der Waals surface area contributed by atoms with E-state index in [-0.39, 0.29) is 0 Å². The number of nitrogens with zero attached hydrogens (tertiary/aromatic N) is 2. The number of oxazole rings is 1. The summed E-state index contributed by atoms with van der Waals surface area (Å²) in [6.45, 7) is 0. The molecule has 0 unspecified atom stereocenters. The number of rotatable bonds is 6. The Balaban J connectivity index is 1.19. The van der Waals surface area contributed by atoms with Crippen LogP contribution in [0.1, 0.15) is 0 Å². The topological polar surface area (TPSA) is 29.3 Å². The monoisotopic (exact) mass is 664 g/mol. The Kier molecular flexibility index (Phi) is 7.14. The summed E-state index contributed by atoms with van der Waals surface area (Å²) in [6, 6.07) is 68.9. The lowest BCUT2D eigenvalue weighted by atomic mass is 9.99. The van der Waals surface area contributed by atoms with Crippen molar-refractivity contribution in [3.63, 3.8) is 0 Å². The maximum absolute atomic E-state index is 6.51. The largest absolute Gasteiger partial charge is 0.435 e. The Morgan fingerprint density at radius 1 is 0.365 bits per heavy atom. The van der Waals surface area contributed by atoms with Crippen LogP contribution in [0, 0.1) is 0 Å². The summed E-state index contributed by atoms with van der Waals surface area (Å²) in [5.41, 5.74) is 10.3. The number of benzene rings is 9. The van der Waals surface area contributed by atoms with E-state index in [2.05, 4.69) is 169 Å². The standard InChI is InChI=1S/C49H32N2O/c1-2-14-35(15-3-1)49-50-46-32-47(44-22-8-9-23-45(44)48(46)52-49)51(42-20-10-18-38(30-42)40-26-24-33-12-4-6-16-36(33)28-40)43-21-11-19-39(31-43)41-27-25-34-13-5-7-17-37(34)29-41/h1-32H. The van der Waals surface area contributed by atoms with Gasteiger partial charge in [-0.15, -0.1) is 0 Å². The number of hydrogen-bond acceptors (Lipinski definition) is 3. The predicted octanol–water partition coefficient (Wildman–Crippen LogP) is 13.8. The molecule has 3 nitrogen and oxygen atoms in total. The van der Waals surface area contributed by atoms with Crippen LogP contribution in [0.15, 0.2) is 199 Å². The summed E-state index contributed by atoms with van der Waals surface area (Å²) in [7, 11) is 0. The molecule has 0 saturated carbocycles. The van der Waals surface area contributed by atoms with Crippen LogP contribution in [-0.4, -0.2) is 4.98 Å². The number of aromatic nitrogens is 1. The van der Waals surface area contributed by atoms with E-state index in [0.717, 1.165) is 55.6 Å². The second-order valence-corrected chi connectivity index (χ2v) is 13.2. The first-order chi connectivity index (χ1) is 25.7. The lowest BCUT2D eigenvalue weighted by Crippen LogP contribution is -2.11. The number of fused-ring (bicyclic) bond motifs is 5. The van der Waals surface area contributed by atoms with Crippen molar-refractivity contribution < 1.29 is 4.42 Å². The van der Waals surface area contributed by atoms with Gasteiger partial charge in [0.25, 0.3) is 0 Å². The van der Waals surface area contributed by atoms with Crippen molar-refractivity contribution in [2.24, 2.45) is 0 Å². The third-order valence-electron chi connectivity index (χ3n) is 10.0. The zero-order valence-electron chi connectivity index (χ0n) is 28.3. The van der Waals surface area contributed by atoms with Crippen LogP contribution in [0.3, 0.4) is 0 Å². The zero-order valence-corrected chi connectivity index (χ0v) is 28.3. The minimum absolute atomic E-state index is 0.612. The van der Waals surface area contributed by atoms with Gasteiger partial charge < -0.3 is 9.32 Å². The summed E-state index contributed by atoms with van der Waals surface area (Å²) < 4.78 is 6.51. The highest BCUT2D eigenvalue weighted by molar-refractivity contribution is 6.12. The van der Waals surface area contributed by atoms with E-state index in [0.29, 0.717) is 5.89 Å². The van der Waals surface area contributed by atoms with Crippen LogP contribution in [-0.2, 0) is 0 Å². The van der Waals surface area contributed by atoms with Crippen LogP contribution >= 0.6 is 0 Å². The van der Waals surface area contributed by atoms with E-state index < -0.39 is 0 Å². The Morgan fingerprint density at radius 2 is 0.865 bits per heavy atom. The zero-order chi connectivity index (χ0) is 34.4. The third kappa shape index (κ3) is 5.28. The highest BCUT2D eigenvalue weighted by atomic mass is 16.3. The minimum Gasteiger partial charge on any atom is -0.435 e. The van der Waals surface area contributed by atoms with Gasteiger partial charge in [-0.25, -0.2) is 4.98 Å². The van der Waals surface area contributed by atoms with E-state index in [1.54, 1.807) is 0 Å². The van der Waals surface area contributed by atoms with Crippen LogP contribution in [0.5, 0.6) is 0 Å². The van der Waals surface area contributed by atoms with E-state index in [1.807, 2.05) is 30.3 Å². The summed E-state index contributed by atoms with van der Waals surface area (Å²) in [6.07, 6.45) is 0. The van der Waals surface area contributed by atoms with Gasteiger partial charge in [0.05, 0.1) is 5.69 Å². The highest BCUT2D eigenvalue weighted by Crippen LogP contribution is 2.44. The molecule has 1 aromatic heterocycles. The SMILES string of the molecule is c1ccc(-c2nc3cc(N(c4cccc(-c5ccc6ccccc6c5)c4)c4cccc(-c5ccc6ccccc6c5)c4)c4ccccc4c3o2)cc1. The third-order valence-corrected chi connectivity index (χ3v) is 10.0. The molecule has 10 rings (SSSR count). The predicted molar refractivity (Wildman–Crippen MR) is 218 cm³/mol. The highest BCUT2D eigenvalue weighted by Gasteiger charge is 2.21. The molecule has 52 heavy (non-hydrogen) atoms. The normalized spacial score (nSPS) is 11.5. The Morgan fingerprint density at radius 3 is 1.48 bits per heavy atom. The molecule has 10 aromatic rings. The first-order valence-electron chi connectivity index (χ1n) is 17.6. The van der Waals surface area contributed by atoms with Crippen molar-refractivity contribution in [3.05, 3.63) is 194 Å². The molecule has 0 atom stereocenters. The van der Waals surface area contributed by atoms with Gasteiger partial charge in [-0.05, 0) is 98.4 Å². The number of anilines is 3. The fraction of sp³-hybridized carbons (Fsp3) is 0. The molecular formula is C49H32N2O. The fourth-order valence-corrected chi connectivity index (χ4v) is 7.44. The summed E-state index contributed by atoms with van der Waals surface area (Å²) in [4.78, 5) is 7.43. The second kappa shape index (κ2) is 12.4. The van der Waals surface area contributed by atoms with E-state index in [9.17, 15) is 0 Å². The van der Waals surface area contributed by atoms with E-state index in [1.165, 1.54) is 32.7 Å². The van der Waals surface area contributed by atoms with E-state index in [4.69, 9.17) is 9.40 Å². The number of hydrogen-bond donors (Lipinski definition) is 0. The maximum atomic E-state index is 6.51. The average Bonchev–Trinajstić information content (AvgIpc) is 3.66. The van der Waals surface area contributed by atoms with Crippen molar-refractivity contribution in [1.29, 1.82) is 0 Å². The van der Waals surface area contributed by atoms with Gasteiger partial charge in [-0.2, -0.15) is 0 Å². The van der Waals surface area contributed by atoms with Gasteiger partial charge in [0, 0.05) is 27.7 Å². The molecule has 9 aromatic carbocycles. The Labute approximate surface area is 301 Å². The van der Waals surface area contributed by atoms with Crippen LogP contribution < -0.4 is 4.90 Å². The second-order valence-electron chi connectivity index (χ2n) is 13.2. The lowest BCUT2D eigenvalue weighted by Gasteiger charge is -2.28. The fourth-order valence-electron chi connectivity index (χ4n) is 7.44. The van der Waals surface area contributed by atoms with Crippen molar-refractivity contribution in [1.82, 2.24) is 4.98 Å². The molecule has 0 aliphatic carbocycles. The first-order valence-corrected chi connectivity index (χ1v) is 17.6. The van der Waals surface area contributed by atoms with Crippen molar-refractivity contribution >= 4 is 60.5 Å². The molecule has 244 valence electrons. The lowest BCUT2D eigenvalue weighted by molar-refractivity contribution is 0.623. The molecule has 1 heterocycles. The smallest absolute Gasteiger partial charge is 0.227 e. The molecule has 0 radical (unpaired) electrons. The maximum Gasteiger partial charge on any atom is 0.227 e. The molecule has 0 N–H and O–H groups in total. The van der Waals surface area contributed by atoms with Crippen molar-refractivity contribution in [3.8, 4) is 33.7 Å². The minimum atomic E-state index is 0.612. The molecule has 0 spiro atoms. The van der Waals surface area contributed by atoms with Gasteiger partial charge in [-0.3, -0.25) is 0 Å². The van der Waals surface area contributed by atoms with Gasteiger partial charge in [0.1, 0.15) is 5.52 Å². The average molecular weight is 665 g/mol. The molecule has 0 amide bonds. The Hall–Kier alpha value is -6.97. The summed E-state index contributed by atoms with van der Waals surface area (Å²) >= 11 is 0. The van der Waals surface area contributed by atoms with Gasteiger partial charge >= 0.3 is 0 Å². The van der Waals surface area contributed by atoms with Crippen molar-refractivity contribution in [2.45, 2.75) is 0 Å².